The Bertz CT molecular complexity index is 1200. The molecule has 4 rings (SSSR count). The van der Waals surface area contributed by atoms with Crippen LogP contribution in [0.25, 0.3) is 16.9 Å². The number of nitro groups is 1. The molecule has 0 amide bonds. The Morgan fingerprint density at radius 2 is 1.86 bits per heavy atom. The fourth-order valence-electron chi connectivity index (χ4n) is 2.85. The molecule has 0 saturated heterocycles. The molecule has 0 saturated carbocycles. The van der Waals surface area contributed by atoms with Gasteiger partial charge in [0.15, 0.2) is 0 Å². The number of fused-ring (bicyclic) bond motifs is 1. The van der Waals surface area contributed by atoms with Gasteiger partial charge in [0.25, 0.3) is 0 Å². The predicted molar refractivity (Wildman–Crippen MR) is 102 cm³/mol. The molecule has 2 heterocycles. The van der Waals surface area contributed by atoms with Gasteiger partial charge in [0.1, 0.15) is 17.6 Å². The van der Waals surface area contributed by atoms with Crippen molar-refractivity contribution in [3.05, 3.63) is 69.0 Å². The van der Waals surface area contributed by atoms with Gasteiger partial charge in [-0.2, -0.15) is 9.67 Å². The van der Waals surface area contributed by atoms with Gasteiger partial charge in [0.05, 0.1) is 10.4 Å². The molecular formula is C18H13ClN6O3. The maximum Gasteiger partial charge on any atom is 0.375 e. The topological polar surface area (TPSA) is 109 Å². The van der Waals surface area contributed by atoms with Gasteiger partial charge in [-0.3, -0.25) is 10.1 Å². The maximum atomic E-state index is 11.8. The lowest BCUT2D eigenvalue weighted by Gasteiger charge is -2.10. The van der Waals surface area contributed by atoms with E-state index < -0.39 is 10.6 Å². The summed E-state index contributed by atoms with van der Waals surface area (Å²) in [5.41, 5.74) is 2.32. The minimum atomic E-state index is -0.600. The first-order valence-corrected chi connectivity index (χ1v) is 8.58. The Kier molecular flexibility index (Phi) is 4.36. The molecule has 0 radical (unpaired) electrons. The second kappa shape index (κ2) is 6.86. The van der Waals surface area contributed by atoms with E-state index in [0.29, 0.717) is 21.8 Å². The van der Waals surface area contributed by atoms with Crippen molar-refractivity contribution in [2.75, 3.05) is 0 Å². The zero-order valence-electron chi connectivity index (χ0n) is 14.8. The van der Waals surface area contributed by atoms with Crippen molar-refractivity contribution in [1.29, 1.82) is 0 Å². The number of aryl methyl sites for hydroxylation is 2. The van der Waals surface area contributed by atoms with Crippen LogP contribution in [0.1, 0.15) is 11.1 Å². The molecule has 9 nitrogen and oxygen atoms in total. The van der Waals surface area contributed by atoms with E-state index in [2.05, 4.69) is 20.3 Å². The summed E-state index contributed by atoms with van der Waals surface area (Å²) >= 11 is 6.17. The highest BCUT2D eigenvalue weighted by Gasteiger charge is 2.28. The molecule has 0 spiro atoms. The molecule has 140 valence electrons. The van der Waals surface area contributed by atoms with E-state index in [4.69, 9.17) is 16.3 Å². The Labute approximate surface area is 163 Å². The average molecular weight is 397 g/mol. The molecule has 0 fully saturated rings. The molecular weight excluding hydrogens is 384 g/mol. The molecule has 2 aromatic carbocycles. The van der Waals surface area contributed by atoms with Gasteiger partial charge in [0, 0.05) is 5.02 Å². The molecule has 0 aliphatic rings. The lowest BCUT2D eigenvalue weighted by molar-refractivity contribution is -0.386. The largest absolute Gasteiger partial charge is 0.434 e. The molecule has 28 heavy (non-hydrogen) atoms. The first-order valence-electron chi connectivity index (χ1n) is 8.20. The zero-order valence-corrected chi connectivity index (χ0v) is 15.6. The van der Waals surface area contributed by atoms with Crippen LogP contribution in [0.3, 0.4) is 0 Å². The van der Waals surface area contributed by atoms with Gasteiger partial charge < -0.3 is 4.74 Å². The van der Waals surface area contributed by atoms with Crippen LogP contribution >= 0.6 is 11.6 Å². The fraction of sp³-hybridized carbons (Fsp3) is 0.111. The van der Waals surface area contributed by atoms with Gasteiger partial charge in [-0.15, -0.1) is 5.10 Å². The van der Waals surface area contributed by atoms with E-state index in [9.17, 15) is 10.1 Å². The van der Waals surface area contributed by atoms with Crippen LogP contribution < -0.4 is 4.74 Å². The van der Waals surface area contributed by atoms with Gasteiger partial charge in [0.2, 0.25) is 5.82 Å². The number of hydrogen-bond donors (Lipinski definition) is 0. The first kappa shape index (κ1) is 17.8. The third kappa shape index (κ3) is 3.01. The van der Waals surface area contributed by atoms with E-state index in [-0.39, 0.29) is 11.7 Å². The van der Waals surface area contributed by atoms with Crippen molar-refractivity contribution in [2.24, 2.45) is 0 Å². The molecule has 0 bridgehead atoms. The lowest BCUT2D eigenvalue weighted by atomic mass is 10.1. The second-order valence-electron chi connectivity index (χ2n) is 6.07. The number of ether oxygens (including phenoxy) is 1. The average Bonchev–Trinajstić information content (AvgIpc) is 3.09. The Hall–Kier alpha value is -3.59. The van der Waals surface area contributed by atoms with E-state index in [1.807, 2.05) is 13.8 Å². The van der Waals surface area contributed by atoms with Gasteiger partial charge in [-0.25, -0.2) is 4.98 Å². The minimum Gasteiger partial charge on any atom is -0.434 e. The van der Waals surface area contributed by atoms with E-state index in [1.165, 1.54) is 11.0 Å². The van der Waals surface area contributed by atoms with E-state index >= 15 is 0 Å². The zero-order chi connectivity index (χ0) is 19.8. The minimum absolute atomic E-state index is 0.0360. The summed E-state index contributed by atoms with van der Waals surface area (Å²) in [5, 5.41) is 20.4. The van der Waals surface area contributed by atoms with Crippen LogP contribution in [0.5, 0.6) is 11.6 Å². The first-order chi connectivity index (χ1) is 13.5. The van der Waals surface area contributed by atoms with Crippen LogP contribution in [-0.4, -0.2) is 29.9 Å². The van der Waals surface area contributed by atoms with Crippen LogP contribution in [0, 0.1) is 24.0 Å². The highest BCUT2D eigenvalue weighted by Crippen LogP contribution is 2.35. The van der Waals surface area contributed by atoms with Crippen molar-refractivity contribution in [3.8, 4) is 17.4 Å². The summed E-state index contributed by atoms with van der Waals surface area (Å²) in [7, 11) is 0. The molecule has 0 atom stereocenters. The second-order valence-corrected chi connectivity index (χ2v) is 6.45. The van der Waals surface area contributed by atoms with E-state index in [0.717, 1.165) is 11.1 Å². The third-order valence-corrected chi connectivity index (χ3v) is 4.73. The number of halogens is 1. The van der Waals surface area contributed by atoms with Crippen LogP contribution in [0.4, 0.5) is 5.69 Å². The molecule has 0 aliphatic carbocycles. The molecule has 10 heteroatoms. The molecule has 0 N–H and O–H groups in total. The number of para-hydroxylation sites is 1. The van der Waals surface area contributed by atoms with Crippen molar-refractivity contribution in [2.45, 2.75) is 13.8 Å². The summed E-state index contributed by atoms with van der Waals surface area (Å²) in [6, 6.07) is 10.5. The van der Waals surface area contributed by atoms with Crippen LogP contribution in [0.15, 0.2) is 42.7 Å². The summed E-state index contributed by atoms with van der Waals surface area (Å²) in [6.07, 6.45) is 1.18. The molecule has 2 aromatic heterocycles. The predicted octanol–water partition coefficient (Wildman–Crippen LogP) is 4.18. The van der Waals surface area contributed by atoms with Gasteiger partial charge in [-0.05, 0) is 49.2 Å². The third-order valence-electron chi connectivity index (χ3n) is 4.13. The summed E-state index contributed by atoms with van der Waals surface area (Å²) in [6.45, 7) is 3.65. The standard InChI is InChI=1S/C18H13ClN6O3/c1-10-7-12(8-11(2)15(10)19)28-18-16(25(26)27)17(20-9-21-18)24-14-6-4-3-5-13(14)22-23-24/h3-9H,1-2H3. The number of rotatable bonds is 4. The Morgan fingerprint density at radius 1 is 1.14 bits per heavy atom. The molecule has 4 aromatic rings. The number of nitrogens with zero attached hydrogens (tertiary/aromatic N) is 6. The normalized spacial score (nSPS) is 11.0. The van der Waals surface area contributed by atoms with Crippen molar-refractivity contribution >= 4 is 28.3 Å². The fourth-order valence-corrected chi connectivity index (χ4v) is 2.95. The highest BCUT2D eigenvalue weighted by atomic mass is 35.5. The molecule has 0 aliphatic heterocycles. The Balaban J connectivity index is 1.86. The molecule has 0 unspecified atom stereocenters. The Morgan fingerprint density at radius 3 is 2.57 bits per heavy atom. The van der Waals surface area contributed by atoms with Gasteiger partial charge >= 0.3 is 11.6 Å². The SMILES string of the molecule is Cc1cc(Oc2ncnc(-n3nnc4ccccc43)c2[N+](=O)[O-])cc(C)c1Cl. The van der Waals surface area contributed by atoms with E-state index in [1.54, 1.807) is 36.4 Å². The quantitative estimate of drug-likeness (QED) is 0.376. The number of benzene rings is 2. The van der Waals surface area contributed by atoms with Crippen LogP contribution in [0.2, 0.25) is 5.02 Å². The maximum absolute atomic E-state index is 11.8. The van der Waals surface area contributed by atoms with Crippen LogP contribution in [-0.2, 0) is 0 Å². The monoisotopic (exact) mass is 396 g/mol. The summed E-state index contributed by atoms with van der Waals surface area (Å²) in [5.74, 6) is 0.150. The number of hydrogen-bond acceptors (Lipinski definition) is 7. The smallest absolute Gasteiger partial charge is 0.375 e. The van der Waals surface area contributed by atoms with Crippen molar-refractivity contribution < 1.29 is 9.66 Å². The summed E-state index contributed by atoms with van der Waals surface area (Å²) < 4.78 is 7.02. The lowest BCUT2D eigenvalue weighted by Crippen LogP contribution is -2.07. The van der Waals surface area contributed by atoms with Gasteiger partial charge in [-0.1, -0.05) is 28.9 Å². The highest BCUT2D eigenvalue weighted by molar-refractivity contribution is 6.32. The number of aromatic nitrogens is 5. The summed E-state index contributed by atoms with van der Waals surface area (Å²) in [4.78, 5) is 19.2. The van der Waals surface area contributed by atoms with Crippen molar-refractivity contribution in [3.63, 3.8) is 0 Å². The van der Waals surface area contributed by atoms with Crippen molar-refractivity contribution in [1.82, 2.24) is 25.0 Å².